The molecule has 0 fully saturated rings. The predicted octanol–water partition coefficient (Wildman–Crippen LogP) is 6.47. The molecule has 0 radical (unpaired) electrons. The van der Waals surface area contributed by atoms with E-state index in [1.54, 1.807) is 24.3 Å². The fourth-order valence-electron chi connectivity index (χ4n) is 3.84. The zero-order valence-corrected chi connectivity index (χ0v) is 19.3. The normalized spacial score (nSPS) is 11.3. The Bertz CT molecular complexity index is 1230. The van der Waals surface area contributed by atoms with Crippen LogP contribution in [0.2, 0.25) is 5.02 Å². The summed E-state index contributed by atoms with van der Waals surface area (Å²) in [5.41, 5.74) is 7.89. The monoisotopic (exact) mass is 431 g/mol. The highest BCUT2D eigenvalue weighted by atomic mass is 35.5. The number of aromatic nitrogens is 1. The molecule has 0 spiro atoms. The topological polar surface area (TPSA) is 57.8 Å². The number of carbonyl (C=O) groups excluding carboxylic acids is 1. The van der Waals surface area contributed by atoms with Crippen LogP contribution in [0.25, 0.3) is 11.8 Å². The second-order valence-corrected chi connectivity index (χ2v) is 8.04. The Kier molecular flexibility index (Phi) is 6.68. The van der Waals surface area contributed by atoms with Gasteiger partial charge in [-0.1, -0.05) is 42.8 Å². The number of nitrogens with one attached hydrogen (secondary N) is 1. The number of nitriles is 1. The van der Waals surface area contributed by atoms with Gasteiger partial charge < -0.3 is 9.88 Å². The lowest BCUT2D eigenvalue weighted by molar-refractivity contribution is -0.112. The molecule has 1 N–H and O–H groups in total. The Morgan fingerprint density at radius 1 is 1.16 bits per heavy atom. The van der Waals surface area contributed by atoms with Crippen molar-refractivity contribution in [3.05, 3.63) is 86.7 Å². The third-order valence-corrected chi connectivity index (χ3v) is 5.99. The van der Waals surface area contributed by atoms with Gasteiger partial charge in [-0.05, 0) is 80.6 Å². The van der Waals surface area contributed by atoms with Gasteiger partial charge in [0.05, 0.1) is 5.69 Å². The summed E-state index contributed by atoms with van der Waals surface area (Å²) in [5, 5.41) is 13.0. The number of anilines is 1. The summed E-state index contributed by atoms with van der Waals surface area (Å²) >= 11 is 6.14. The van der Waals surface area contributed by atoms with Gasteiger partial charge in [0.1, 0.15) is 11.6 Å². The molecule has 4 nitrogen and oxygen atoms in total. The van der Waals surface area contributed by atoms with Crippen molar-refractivity contribution >= 4 is 29.3 Å². The molecule has 2 aromatic carbocycles. The minimum absolute atomic E-state index is 0.0418. The van der Waals surface area contributed by atoms with Crippen molar-refractivity contribution in [2.24, 2.45) is 0 Å². The van der Waals surface area contributed by atoms with E-state index in [1.165, 1.54) is 11.1 Å². The smallest absolute Gasteiger partial charge is 0.266 e. The van der Waals surface area contributed by atoms with Crippen LogP contribution in [0.15, 0.2) is 48.0 Å². The maximum atomic E-state index is 12.8. The lowest BCUT2D eigenvalue weighted by Crippen LogP contribution is -2.14. The predicted molar refractivity (Wildman–Crippen MR) is 128 cm³/mol. The van der Waals surface area contributed by atoms with Crippen molar-refractivity contribution in [3.63, 3.8) is 0 Å². The van der Waals surface area contributed by atoms with Crippen LogP contribution in [-0.4, -0.2) is 10.5 Å². The Morgan fingerprint density at radius 2 is 1.87 bits per heavy atom. The molecule has 0 aliphatic heterocycles. The lowest BCUT2D eigenvalue weighted by atomic mass is 10.1. The molecular formula is C26H26ClN3O. The number of rotatable bonds is 5. The maximum absolute atomic E-state index is 12.8. The number of nitrogens with zero attached hydrogens (tertiary/aromatic N) is 2. The molecule has 0 bridgehead atoms. The van der Waals surface area contributed by atoms with Gasteiger partial charge in [0.2, 0.25) is 0 Å². The Balaban J connectivity index is 2.02. The van der Waals surface area contributed by atoms with Gasteiger partial charge in [0, 0.05) is 22.1 Å². The highest BCUT2D eigenvalue weighted by Crippen LogP contribution is 2.28. The molecule has 0 aliphatic rings. The zero-order chi connectivity index (χ0) is 22.7. The molecule has 158 valence electrons. The first-order valence-electron chi connectivity index (χ1n) is 10.2. The summed E-state index contributed by atoms with van der Waals surface area (Å²) in [4.78, 5) is 12.8. The third-order valence-electron chi connectivity index (χ3n) is 5.58. The van der Waals surface area contributed by atoms with E-state index in [9.17, 15) is 10.1 Å². The van der Waals surface area contributed by atoms with Crippen molar-refractivity contribution in [3.8, 4) is 11.8 Å². The quantitative estimate of drug-likeness (QED) is 0.371. The number of halogens is 1. The number of para-hydroxylation sites is 1. The van der Waals surface area contributed by atoms with E-state index in [0.717, 1.165) is 34.6 Å². The van der Waals surface area contributed by atoms with Gasteiger partial charge in [0.15, 0.2) is 0 Å². The van der Waals surface area contributed by atoms with Crippen LogP contribution in [0, 0.1) is 39.0 Å². The molecule has 31 heavy (non-hydrogen) atoms. The summed E-state index contributed by atoms with van der Waals surface area (Å²) in [6, 6.07) is 15.7. The van der Waals surface area contributed by atoms with E-state index in [4.69, 9.17) is 11.6 Å². The lowest BCUT2D eigenvalue weighted by Gasteiger charge is -2.17. The average molecular weight is 432 g/mol. The molecule has 0 atom stereocenters. The van der Waals surface area contributed by atoms with Crippen LogP contribution < -0.4 is 5.32 Å². The molecular weight excluding hydrogens is 406 g/mol. The zero-order valence-electron chi connectivity index (χ0n) is 18.5. The maximum Gasteiger partial charge on any atom is 0.266 e. The van der Waals surface area contributed by atoms with E-state index in [0.29, 0.717) is 10.7 Å². The second-order valence-electron chi connectivity index (χ2n) is 7.63. The molecule has 1 aromatic heterocycles. The van der Waals surface area contributed by atoms with Crippen LogP contribution in [0.4, 0.5) is 5.69 Å². The van der Waals surface area contributed by atoms with Crippen LogP contribution >= 0.6 is 11.6 Å². The SMILES string of the molecule is CCc1cccc(C)c1-n1c(C)cc(/C=C(/C#N)C(=O)Nc2cccc(Cl)c2C)c1C. The van der Waals surface area contributed by atoms with Crippen LogP contribution in [0.3, 0.4) is 0 Å². The molecule has 0 saturated carbocycles. The largest absolute Gasteiger partial charge is 0.321 e. The molecule has 0 unspecified atom stereocenters. The van der Waals surface area contributed by atoms with Gasteiger partial charge >= 0.3 is 0 Å². The van der Waals surface area contributed by atoms with Gasteiger partial charge in [-0.25, -0.2) is 0 Å². The highest BCUT2D eigenvalue weighted by molar-refractivity contribution is 6.31. The van der Waals surface area contributed by atoms with E-state index in [-0.39, 0.29) is 5.57 Å². The van der Waals surface area contributed by atoms with E-state index in [2.05, 4.69) is 41.9 Å². The average Bonchev–Trinajstić information content (AvgIpc) is 3.02. The minimum Gasteiger partial charge on any atom is -0.321 e. The fourth-order valence-corrected chi connectivity index (χ4v) is 4.01. The molecule has 3 aromatic rings. The summed E-state index contributed by atoms with van der Waals surface area (Å²) in [6.45, 7) is 10.1. The third kappa shape index (κ3) is 4.42. The molecule has 0 aliphatic carbocycles. The molecule has 3 rings (SSSR count). The van der Waals surface area contributed by atoms with Gasteiger partial charge in [-0.3, -0.25) is 4.79 Å². The van der Waals surface area contributed by atoms with Crippen molar-refractivity contribution in [2.45, 2.75) is 41.0 Å². The van der Waals surface area contributed by atoms with E-state index in [1.807, 2.05) is 32.9 Å². The van der Waals surface area contributed by atoms with Crippen molar-refractivity contribution in [1.82, 2.24) is 4.57 Å². The van der Waals surface area contributed by atoms with Gasteiger partial charge in [0.25, 0.3) is 5.91 Å². The first kappa shape index (κ1) is 22.4. The standard InChI is InChI=1S/C26H26ClN3O/c1-6-20-10-7-9-16(2)25(20)30-17(3)13-21(19(30)5)14-22(15-28)26(31)29-24-12-8-11-23(27)18(24)4/h7-14H,6H2,1-5H3,(H,29,31)/b22-14-. The fraction of sp³-hybridized carbons (Fsp3) is 0.231. The van der Waals surface area contributed by atoms with Gasteiger partial charge in [-0.2, -0.15) is 5.26 Å². The number of aryl methyl sites for hydroxylation is 3. The summed E-state index contributed by atoms with van der Waals surface area (Å²) in [5.74, 6) is -0.456. The first-order valence-corrected chi connectivity index (χ1v) is 10.6. The van der Waals surface area contributed by atoms with Crippen molar-refractivity contribution in [2.75, 3.05) is 5.32 Å². The Morgan fingerprint density at radius 3 is 2.55 bits per heavy atom. The summed E-state index contributed by atoms with van der Waals surface area (Å²) in [7, 11) is 0. The highest BCUT2D eigenvalue weighted by Gasteiger charge is 2.17. The number of amides is 1. The van der Waals surface area contributed by atoms with Crippen LogP contribution in [-0.2, 0) is 11.2 Å². The van der Waals surface area contributed by atoms with Crippen molar-refractivity contribution in [1.29, 1.82) is 5.26 Å². The molecule has 0 saturated heterocycles. The van der Waals surface area contributed by atoms with Crippen molar-refractivity contribution < 1.29 is 4.79 Å². The number of carbonyl (C=O) groups is 1. The summed E-state index contributed by atoms with van der Waals surface area (Å²) < 4.78 is 2.20. The number of hydrogen-bond donors (Lipinski definition) is 1. The Hall–Kier alpha value is -3.29. The Labute approximate surface area is 188 Å². The second kappa shape index (κ2) is 9.24. The molecule has 5 heteroatoms. The minimum atomic E-state index is -0.456. The number of benzene rings is 2. The number of hydrogen-bond acceptors (Lipinski definition) is 2. The summed E-state index contributed by atoms with van der Waals surface area (Å²) in [6.07, 6.45) is 2.57. The first-order chi connectivity index (χ1) is 14.8. The van der Waals surface area contributed by atoms with Gasteiger partial charge in [-0.15, -0.1) is 0 Å². The van der Waals surface area contributed by atoms with E-state index >= 15 is 0 Å². The van der Waals surface area contributed by atoms with Crippen LogP contribution in [0.5, 0.6) is 0 Å². The molecule has 1 heterocycles. The van der Waals surface area contributed by atoms with E-state index < -0.39 is 5.91 Å². The molecule has 1 amide bonds. The van der Waals surface area contributed by atoms with Crippen LogP contribution in [0.1, 0.15) is 40.6 Å².